The third-order valence-electron chi connectivity index (χ3n) is 5.48. The Morgan fingerprint density at radius 1 is 0.794 bits per heavy atom. The van der Waals surface area contributed by atoms with Gasteiger partial charge in [-0.1, -0.05) is 0 Å². The molecule has 0 aliphatic carbocycles. The van der Waals surface area contributed by atoms with Gasteiger partial charge in [0.15, 0.2) is 0 Å². The number of hydrogen-bond donors (Lipinski definition) is 4. The van der Waals surface area contributed by atoms with Crippen molar-refractivity contribution in [2.75, 3.05) is 0 Å². The van der Waals surface area contributed by atoms with Crippen LogP contribution in [0.25, 0.3) is 46.4 Å². The summed E-state index contributed by atoms with van der Waals surface area (Å²) in [5, 5.41) is 18.4. The molecule has 5 rings (SSSR count). The lowest BCUT2D eigenvalue weighted by molar-refractivity contribution is -0.132. The molecule has 8 heteroatoms. The van der Waals surface area contributed by atoms with Crippen LogP contribution in [0.4, 0.5) is 0 Å². The number of aryl methyl sites for hydroxylation is 2. The molecule has 5 heterocycles. The highest BCUT2D eigenvalue weighted by atomic mass is 16.4. The zero-order valence-corrected chi connectivity index (χ0v) is 17.9. The molecule has 0 aromatic carbocycles. The van der Waals surface area contributed by atoms with E-state index in [0.29, 0.717) is 33.5 Å². The zero-order chi connectivity index (χ0) is 23.7. The van der Waals surface area contributed by atoms with E-state index >= 15 is 0 Å². The van der Waals surface area contributed by atoms with Gasteiger partial charge < -0.3 is 20.2 Å². The van der Waals surface area contributed by atoms with Crippen molar-refractivity contribution in [3.05, 3.63) is 82.5 Å². The van der Waals surface area contributed by atoms with Gasteiger partial charge in [-0.3, -0.25) is 4.98 Å². The fraction of sp³-hybridized carbons (Fsp3) is 0.0769. The largest absolute Gasteiger partial charge is 0.478 e. The predicted octanol–water partition coefficient (Wildman–Crippen LogP) is 4.47. The number of aromatic nitrogens is 4. The van der Waals surface area contributed by atoms with Crippen molar-refractivity contribution in [2.24, 2.45) is 0 Å². The lowest BCUT2D eigenvalue weighted by atomic mass is 10.1. The summed E-state index contributed by atoms with van der Waals surface area (Å²) in [6.07, 6.45) is 10.3. The molecule has 0 saturated carbocycles. The van der Waals surface area contributed by atoms with Crippen molar-refractivity contribution >= 4 is 58.3 Å². The molecule has 2 aliphatic rings. The highest BCUT2D eigenvalue weighted by Gasteiger charge is 2.11. The molecule has 3 aromatic rings. The Labute approximate surface area is 193 Å². The number of carbonyl (C=O) groups is 2. The molecular formula is C26H20N4O4. The number of aliphatic carboxylic acids is 2. The molecule has 168 valence electrons. The van der Waals surface area contributed by atoms with E-state index in [9.17, 15) is 14.7 Å². The number of nitrogens with zero attached hydrogens (tertiary/aromatic N) is 2. The van der Waals surface area contributed by atoms with Crippen LogP contribution in [0.2, 0.25) is 0 Å². The molecule has 2 aliphatic heterocycles. The van der Waals surface area contributed by atoms with E-state index in [2.05, 4.69) is 15.0 Å². The van der Waals surface area contributed by atoms with Gasteiger partial charge in [0.25, 0.3) is 0 Å². The number of nitrogens with one attached hydrogen (secondary N) is 2. The van der Waals surface area contributed by atoms with Crippen molar-refractivity contribution < 1.29 is 19.8 Å². The molecule has 0 atom stereocenters. The highest BCUT2D eigenvalue weighted by molar-refractivity contribution is 5.95. The van der Waals surface area contributed by atoms with Gasteiger partial charge >= 0.3 is 11.9 Å². The van der Waals surface area contributed by atoms with Crippen LogP contribution < -0.4 is 0 Å². The molecule has 0 amide bonds. The van der Waals surface area contributed by atoms with Crippen molar-refractivity contribution in [1.82, 2.24) is 19.9 Å². The topological polar surface area (TPSA) is 132 Å². The van der Waals surface area contributed by atoms with Crippen LogP contribution in [-0.4, -0.2) is 42.1 Å². The van der Waals surface area contributed by atoms with Crippen LogP contribution in [0.15, 0.2) is 48.6 Å². The second-order valence-corrected chi connectivity index (χ2v) is 7.96. The smallest absolute Gasteiger partial charge is 0.328 e. The summed E-state index contributed by atoms with van der Waals surface area (Å²) in [6.45, 7) is 0. The van der Waals surface area contributed by atoms with Gasteiger partial charge in [0, 0.05) is 51.2 Å². The van der Waals surface area contributed by atoms with Crippen molar-refractivity contribution in [3.8, 4) is 0 Å². The summed E-state index contributed by atoms with van der Waals surface area (Å²) in [7, 11) is 0. The number of carboxylic acids is 2. The van der Waals surface area contributed by atoms with Crippen LogP contribution in [0.5, 0.6) is 0 Å². The van der Waals surface area contributed by atoms with Gasteiger partial charge in [0.2, 0.25) is 0 Å². The van der Waals surface area contributed by atoms with Crippen molar-refractivity contribution in [1.29, 1.82) is 0 Å². The average Bonchev–Trinajstić information content (AvgIpc) is 3.57. The standard InChI is InChI=1S/C26H20N4O4/c31-24(32)9-1-15-11-21-14-19-5-4-17(28-19)12-16-2-3-18(27-16)13-20-6-8-23(29-20)22(26(15)30-21)7-10-25(33)34/h1,4-14,28,30H,2-3H2,(H,31,32)(H,33,34)/b9-1-,10-7+,16-12?,17-12?,18-13?,19-14?,20-13?,21-14?,23-22?,26-22?. The molecule has 0 spiro atoms. The molecular weight excluding hydrogens is 432 g/mol. The Balaban J connectivity index is 1.89. The fourth-order valence-electron chi connectivity index (χ4n) is 4.02. The summed E-state index contributed by atoms with van der Waals surface area (Å²) in [5.41, 5.74) is 7.37. The van der Waals surface area contributed by atoms with Gasteiger partial charge in [0.1, 0.15) is 0 Å². The van der Waals surface area contributed by atoms with E-state index in [1.54, 1.807) is 0 Å². The number of H-pyrrole nitrogens is 2. The maximum atomic E-state index is 11.3. The van der Waals surface area contributed by atoms with Crippen LogP contribution in [-0.2, 0) is 22.4 Å². The van der Waals surface area contributed by atoms with E-state index in [4.69, 9.17) is 10.1 Å². The second kappa shape index (κ2) is 8.67. The first-order chi connectivity index (χ1) is 16.4. The molecule has 0 fully saturated rings. The molecule has 4 N–H and O–H groups in total. The highest BCUT2D eigenvalue weighted by Crippen LogP contribution is 2.26. The predicted molar refractivity (Wildman–Crippen MR) is 131 cm³/mol. The summed E-state index contributed by atoms with van der Waals surface area (Å²) in [5.74, 6) is -2.18. The van der Waals surface area contributed by atoms with E-state index in [1.165, 1.54) is 12.2 Å². The minimum atomic E-state index is -1.10. The van der Waals surface area contributed by atoms with Crippen LogP contribution in [0.1, 0.15) is 33.9 Å². The second-order valence-electron chi connectivity index (χ2n) is 7.96. The normalized spacial score (nSPS) is 13.2. The Morgan fingerprint density at radius 3 is 2.26 bits per heavy atom. The van der Waals surface area contributed by atoms with Gasteiger partial charge in [-0.2, -0.15) is 0 Å². The van der Waals surface area contributed by atoms with Crippen molar-refractivity contribution in [3.63, 3.8) is 0 Å². The first-order valence-corrected chi connectivity index (χ1v) is 10.7. The first kappa shape index (κ1) is 21.1. The zero-order valence-electron chi connectivity index (χ0n) is 17.9. The maximum absolute atomic E-state index is 11.3. The maximum Gasteiger partial charge on any atom is 0.328 e. The summed E-state index contributed by atoms with van der Waals surface area (Å²) >= 11 is 0. The number of hydrogen-bond acceptors (Lipinski definition) is 4. The average molecular weight is 452 g/mol. The Kier molecular flexibility index (Phi) is 5.39. The minimum absolute atomic E-state index is 0.528. The van der Waals surface area contributed by atoms with E-state index in [-0.39, 0.29) is 0 Å². The molecule has 0 unspecified atom stereocenters. The molecule has 0 saturated heterocycles. The van der Waals surface area contributed by atoms with E-state index < -0.39 is 11.9 Å². The molecule has 8 bridgehead atoms. The van der Waals surface area contributed by atoms with Gasteiger partial charge in [0.05, 0.1) is 16.9 Å². The summed E-state index contributed by atoms with van der Waals surface area (Å²) < 4.78 is 0. The molecule has 34 heavy (non-hydrogen) atoms. The number of aromatic amines is 2. The quantitative estimate of drug-likeness (QED) is 0.338. The van der Waals surface area contributed by atoms with Crippen LogP contribution >= 0.6 is 0 Å². The third kappa shape index (κ3) is 4.56. The first-order valence-electron chi connectivity index (χ1n) is 10.7. The lowest BCUT2D eigenvalue weighted by Crippen LogP contribution is -1.90. The van der Waals surface area contributed by atoms with Gasteiger partial charge in [-0.25, -0.2) is 14.6 Å². The van der Waals surface area contributed by atoms with Crippen molar-refractivity contribution in [2.45, 2.75) is 12.8 Å². The van der Waals surface area contributed by atoms with E-state index in [1.807, 2.05) is 48.6 Å². The Bertz CT molecular complexity index is 1570. The Hall–Kier alpha value is -4.72. The van der Waals surface area contributed by atoms with E-state index in [0.717, 1.165) is 47.4 Å². The number of carboxylic acid groups (broad SMARTS) is 2. The summed E-state index contributed by atoms with van der Waals surface area (Å²) in [6, 6.07) is 11.6. The summed E-state index contributed by atoms with van der Waals surface area (Å²) in [4.78, 5) is 38.5. The number of fused-ring (bicyclic) bond motifs is 8. The monoisotopic (exact) mass is 452 g/mol. The van der Waals surface area contributed by atoms with Gasteiger partial charge in [-0.05, 0) is 73.5 Å². The molecule has 8 nitrogen and oxygen atoms in total. The SMILES string of the molecule is O=C(O)/C=C\c1cc2cc3ccc(cc4nc(cc5nc(c(/C=C/C(=O)O)c1[nH]2)C=C5)CC4)[nH]3. The minimum Gasteiger partial charge on any atom is -0.478 e. The fourth-order valence-corrected chi connectivity index (χ4v) is 4.02. The van der Waals surface area contributed by atoms with Crippen LogP contribution in [0.3, 0.4) is 0 Å². The van der Waals surface area contributed by atoms with Gasteiger partial charge in [-0.15, -0.1) is 0 Å². The van der Waals surface area contributed by atoms with Crippen LogP contribution in [0, 0.1) is 0 Å². The molecule has 3 aromatic heterocycles. The third-order valence-corrected chi connectivity index (χ3v) is 5.48. The Morgan fingerprint density at radius 2 is 1.50 bits per heavy atom. The number of rotatable bonds is 4. The lowest BCUT2D eigenvalue weighted by Gasteiger charge is -1.98. The molecule has 0 radical (unpaired) electrons.